The molecule has 8 nitrogen and oxygen atoms in total. The number of aliphatic hydroxyl groups excluding tert-OH is 1. The number of nitrogens with one attached hydrogen (secondary N) is 2. The summed E-state index contributed by atoms with van der Waals surface area (Å²) < 4.78 is 6.69. The molecule has 3 aromatic rings. The Balaban J connectivity index is 1.31. The zero-order valence-corrected chi connectivity index (χ0v) is 26.9. The van der Waals surface area contributed by atoms with Gasteiger partial charge < -0.3 is 25.4 Å². The van der Waals surface area contributed by atoms with Gasteiger partial charge in [0, 0.05) is 42.8 Å². The third-order valence-corrected chi connectivity index (χ3v) is 9.12. The molecule has 0 saturated heterocycles. The number of ether oxygens (including phenoxy) is 1. The van der Waals surface area contributed by atoms with Crippen LogP contribution in [0.5, 0.6) is 5.75 Å². The first-order valence-electron chi connectivity index (χ1n) is 16.4. The Labute approximate surface area is 267 Å². The van der Waals surface area contributed by atoms with Crippen LogP contribution in [0.3, 0.4) is 0 Å². The molecule has 3 amide bonds. The number of aliphatic hydroxyl groups is 1. The Morgan fingerprint density at radius 3 is 2.44 bits per heavy atom. The number of carbonyl (C=O) groups is 2. The topological polar surface area (TPSA) is 94.1 Å². The fourth-order valence-corrected chi connectivity index (χ4v) is 6.44. The minimum Gasteiger partial charge on any atom is -0.488 e. The highest BCUT2D eigenvalue weighted by atomic mass is 16.5. The number of hydrogen-bond acceptors (Lipinski definition) is 5. The molecule has 2 aliphatic rings. The highest BCUT2D eigenvalue weighted by molar-refractivity contribution is 5.90. The van der Waals surface area contributed by atoms with E-state index in [1.807, 2.05) is 31.2 Å². The van der Waals surface area contributed by atoms with E-state index in [2.05, 4.69) is 78.0 Å². The van der Waals surface area contributed by atoms with Gasteiger partial charge in [-0.15, -0.1) is 0 Å². The second kappa shape index (κ2) is 15.4. The highest BCUT2D eigenvalue weighted by Gasteiger charge is 2.31. The zero-order valence-electron chi connectivity index (χ0n) is 26.9. The molecule has 0 radical (unpaired) electrons. The average molecular weight is 613 g/mol. The molecule has 3 aromatic carbocycles. The number of carbonyl (C=O) groups excluding carboxylic acids is 2. The molecule has 1 aliphatic carbocycles. The van der Waals surface area contributed by atoms with E-state index in [0.29, 0.717) is 24.5 Å². The first-order valence-corrected chi connectivity index (χ1v) is 16.4. The Bertz CT molecular complexity index is 1410. The van der Waals surface area contributed by atoms with Crippen molar-refractivity contribution in [1.29, 1.82) is 0 Å². The minimum atomic E-state index is -0.314. The van der Waals surface area contributed by atoms with Crippen molar-refractivity contribution in [2.24, 2.45) is 5.92 Å². The normalized spacial score (nSPS) is 19.9. The van der Waals surface area contributed by atoms with E-state index < -0.39 is 0 Å². The van der Waals surface area contributed by atoms with Crippen LogP contribution in [0, 0.1) is 5.92 Å². The molecular formula is C37H48N4O4. The second-order valence-corrected chi connectivity index (χ2v) is 12.9. The number of fused-ring (bicyclic) bond motifs is 1. The fraction of sp³-hybridized carbons (Fsp3) is 0.459. The van der Waals surface area contributed by atoms with Crippen molar-refractivity contribution in [3.63, 3.8) is 0 Å². The molecule has 1 aliphatic heterocycles. The molecule has 1 fully saturated rings. The molecule has 0 spiro atoms. The Kier molecular flexibility index (Phi) is 11.1. The fourth-order valence-electron chi connectivity index (χ4n) is 6.44. The van der Waals surface area contributed by atoms with E-state index >= 15 is 0 Å². The number of anilines is 1. The maximum atomic E-state index is 13.6. The lowest BCUT2D eigenvalue weighted by Crippen LogP contribution is -2.47. The zero-order chi connectivity index (χ0) is 31.8. The molecule has 45 heavy (non-hydrogen) atoms. The molecule has 0 aromatic heterocycles. The highest BCUT2D eigenvalue weighted by Crippen LogP contribution is 2.30. The van der Waals surface area contributed by atoms with Crippen LogP contribution in [0.2, 0.25) is 0 Å². The molecule has 8 heteroatoms. The summed E-state index contributed by atoms with van der Waals surface area (Å²) in [6, 6.07) is 24.2. The molecule has 240 valence electrons. The van der Waals surface area contributed by atoms with E-state index in [1.165, 1.54) is 23.1 Å². The first kappa shape index (κ1) is 32.5. The van der Waals surface area contributed by atoms with Crippen LogP contribution in [0.1, 0.15) is 57.1 Å². The first-order chi connectivity index (χ1) is 21.8. The number of amides is 3. The quantitative estimate of drug-likeness (QED) is 0.272. The predicted molar refractivity (Wildman–Crippen MR) is 179 cm³/mol. The van der Waals surface area contributed by atoms with E-state index in [0.717, 1.165) is 37.8 Å². The summed E-state index contributed by atoms with van der Waals surface area (Å²) in [5.41, 5.74) is 4.95. The monoisotopic (exact) mass is 612 g/mol. The van der Waals surface area contributed by atoms with E-state index in [1.54, 1.807) is 4.90 Å². The van der Waals surface area contributed by atoms with Crippen LogP contribution in [0.4, 0.5) is 10.5 Å². The average Bonchev–Trinajstić information content (AvgIpc) is 3.09. The van der Waals surface area contributed by atoms with Gasteiger partial charge in [-0.3, -0.25) is 9.69 Å². The summed E-state index contributed by atoms with van der Waals surface area (Å²) in [5.74, 6) is 0.595. The summed E-state index contributed by atoms with van der Waals surface area (Å²) in [6.07, 6.45) is 5.44. The Morgan fingerprint density at radius 1 is 1.02 bits per heavy atom. The molecule has 5 rings (SSSR count). The van der Waals surface area contributed by atoms with Crippen molar-refractivity contribution in [2.45, 2.75) is 77.1 Å². The van der Waals surface area contributed by atoms with Gasteiger partial charge in [0.1, 0.15) is 11.9 Å². The van der Waals surface area contributed by atoms with Crippen molar-refractivity contribution in [3.8, 4) is 16.9 Å². The number of hydrogen-bond donors (Lipinski definition) is 3. The third-order valence-electron chi connectivity index (χ3n) is 9.12. The van der Waals surface area contributed by atoms with Crippen molar-refractivity contribution >= 4 is 17.6 Å². The lowest BCUT2D eigenvalue weighted by molar-refractivity contribution is -0.134. The number of nitrogens with zero attached hydrogens (tertiary/aromatic N) is 2. The summed E-state index contributed by atoms with van der Waals surface area (Å²) in [4.78, 5) is 30.4. The van der Waals surface area contributed by atoms with Crippen molar-refractivity contribution in [3.05, 3.63) is 83.9 Å². The van der Waals surface area contributed by atoms with Gasteiger partial charge in [0.05, 0.1) is 19.1 Å². The smallest absolute Gasteiger partial charge is 0.319 e. The van der Waals surface area contributed by atoms with Crippen molar-refractivity contribution < 1.29 is 19.4 Å². The lowest BCUT2D eigenvalue weighted by atomic mass is 9.96. The van der Waals surface area contributed by atoms with E-state index in [4.69, 9.17) is 4.74 Å². The molecule has 0 bridgehead atoms. The summed E-state index contributed by atoms with van der Waals surface area (Å²) in [6.45, 7) is 5.75. The molecule has 3 N–H and O–H groups in total. The second-order valence-electron chi connectivity index (χ2n) is 12.9. The summed E-state index contributed by atoms with van der Waals surface area (Å²) in [5, 5.41) is 16.0. The van der Waals surface area contributed by atoms with Gasteiger partial charge in [0.2, 0.25) is 5.91 Å². The van der Waals surface area contributed by atoms with Crippen LogP contribution in [0.25, 0.3) is 11.1 Å². The minimum absolute atomic E-state index is 0.0101. The maximum Gasteiger partial charge on any atom is 0.319 e. The van der Waals surface area contributed by atoms with Gasteiger partial charge in [-0.25, -0.2) is 4.79 Å². The number of benzene rings is 3. The van der Waals surface area contributed by atoms with Gasteiger partial charge in [-0.2, -0.15) is 0 Å². The van der Waals surface area contributed by atoms with Crippen molar-refractivity contribution in [1.82, 2.24) is 15.1 Å². The molecular weight excluding hydrogens is 564 g/mol. The molecule has 1 heterocycles. The molecule has 1 saturated carbocycles. The standard InChI is InChI=1S/C37H48N4O4/c1-26-22-41(27(2)25-42)36(43)21-31-20-33(39-37(44)38-32-12-8-5-9-13-32)18-19-34(31)45-35(26)24-40(3)23-28-14-16-30(17-15-28)29-10-6-4-7-11-29/h4,6-7,10-11,14-20,26-27,32,35,42H,5,8-9,12-13,21-25H2,1-3H3,(H2,38,39,44)/t26-,27-,35-/m0/s1. The summed E-state index contributed by atoms with van der Waals surface area (Å²) in [7, 11) is 2.09. The lowest BCUT2D eigenvalue weighted by Gasteiger charge is -2.34. The van der Waals surface area contributed by atoms with Gasteiger partial charge in [0.15, 0.2) is 0 Å². The van der Waals surface area contributed by atoms with Crippen LogP contribution in [0.15, 0.2) is 72.8 Å². The molecule has 3 atom stereocenters. The van der Waals surface area contributed by atoms with Crippen LogP contribution < -0.4 is 15.4 Å². The van der Waals surface area contributed by atoms with Gasteiger partial charge in [0.25, 0.3) is 0 Å². The maximum absolute atomic E-state index is 13.6. The van der Waals surface area contributed by atoms with Crippen molar-refractivity contribution in [2.75, 3.05) is 32.1 Å². The number of rotatable bonds is 9. The van der Waals surface area contributed by atoms with Crippen LogP contribution in [-0.4, -0.2) is 71.8 Å². The van der Waals surface area contributed by atoms with Crippen LogP contribution >= 0.6 is 0 Å². The Hall–Kier alpha value is -3.88. The Morgan fingerprint density at radius 2 is 1.73 bits per heavy atom. The van der Waals surface area contributed by atoms with Gasteiger partial charge in [-0.05, 0) is 61.7 Å². The van der Waals surface area contributed by atoms with Gasteiger partial charge in [-0.1, -0.05) is 80.8 Å². The van der Waals surface area contributed by atoms with Crippen LogP contribution in [-0.2, 0) is 17.8 Å². The van der Waals surface area contributed by atoms with E-state index in [-0.39, 0.29) is 49.1 Å². The predicted octanol–water partition coefficient (Wildman–Crippen LogP) is 6.09. The SMILES string of the molecule is C[C@H]1CN([C@@H](C)CO)C(=O)Cc2cc(NC(=O)NC3CCCCC3)ccc2O[C@H]1CN(C)Cc1ccc(-c2ccccc2)cc1. The largest absolute Gasteiger partial charge is 0.488 e. The van der Waals surface area contributed by atoms with Gasteiger partial charge >= 0.3 is 6.03 Å². The third kappa shape index (κ3) is 8.86. The van der Waals surface area contributed by atoms with E-state index in [9.17, 15) is 14.7 Å². The molecule has 0 unspecified atom stereocenters. The summed E-state index contributed by atoms with van der Waals surface area (Å²) >= 11 is 0. The number of urea groups is 1. The number of likely N-dealkylation sites (N-methyl/N-ethyl adjacent to an activating group) is 1.